The number of benzene rings is 3. The SMILES string of the molecule is O=C(O)c1cc(Cl)ccc1-c1ccc2c(c1)OC[C@H](Cc1ccccc1)[C@H]2O. The molecule has 0 radical (unpaired) electrons. The van der Waals surface area contributed by atoms with Crippen molar-refractivity contribution in [3.63, 3.8) is 0 Å². The van der Waals surface area contributed by atoms with E-state index in [0.717, 1.165) is 17.5 Å². The number of hydrogen-bond acceptors (Lipinski definition) is 3. The second-order valence-electron chi connectivity index (χ2n) is 6.95. The minimum absolute atomic E-state index is 0.0362. The van der Waals surface area contributed by atoms with Crippen LogP contribution in [0.4, 0.5) is 0 Å². The third-order valence-electron chi connectivity index (χ3n) is 5.10. The molecule has 0 fully saturated rings. The molecule has 3 aromatic carbocycles. The maximum atomic E-state index is 11.6. The van der Waals surface area contributed by atoms with Crippen molar-refractivity contribution in [3.8, 4) is 16.9 Å². The van der Waals surface area contributed by atoms with Gasteiger partial charge in [-0.2, -0.15) is 0 Å². The van der Waals surface area contributed by atoms with Crippen molar-refractivity contribution in [2.24, 2.45) is 5.92 Å². The Labute approximate surface area is 168 Å². The first-order valence-corrected chi connectivity index (χ1v) is 9.42. The quantitative estimate of drug-likeness (QED) is 0.654. The highest BCUT2D eigenvalue weighted by Gasteiger charge is 2.30. The zero-order valence-electron chi connectivity index (χ0n) is 15.0. The third kappa shape index (κ3) is 3.61. The number of aliphatic hydroxyl groups is 1. The molecule has 0 bridgehead atoms. The minimum Gasteiger partial charge on any atom is -0.493 e. The molecule has 28 heavy (non-hydrogen) atoms. The predicted molar refractivity (Wildman–Crippen MR) is 108 cm³/mol. The summed E-state index contributed by atoms with van der Waals surface area (Å²) < 4.78 is 5.93. The normalized spacial score (nSPS) is 18.2. The number of ether oxygens (including phenoxy) is 1. The van der Waals surface area contributed by atoms with Crippen LogP contribution >= 0.6 is 11.6 Å². The zero-order chi connectivity index (χ0) is 19.7. The molecule has 4 nitrogen and oxygen atoms in total. The third-order valence-corrected chi connectivity index (χ3v) is 5.33. The summed E-state index contributed by atoms with van der Waals surface area (Å²) in [4.78, 5) is 11.6. The largest absolute Gasteiger partial charge is 0.493 e. The second-order valence-corrected chi connectivity index (χ2v) is 7.39. The van der Waals surface area contributed by atoms with Gasteiger partial charge in [0.05, 0.1) is 18.3 Å². The fourth-order valence-corrected chi connectivity index (χ4v) is 3.82. The molecule has 0 unspecified atom stereocenters. The fourth-order valence-electron chi connectivity index (χ4n) is 3.65. The van der Waals surface area contributed by atoms with Crippen LogP contribution in [0.15, 0.2) is 66.7 Å². The summed E-state index contributed by atoms with van der Waals surface area (Å²) in [7, 11) is 0. The van der Waals surface area contributed by atoms with Gasteiger partial charge in [0.1, 0.15) is 5.75 Å². The molecule has 0 saturated heterocycles. The van der Waals surface area contributed by atoms with E-state index in [1.807, 2.05) is 42.5 Å². The van der Waals surface area contributed by atoms with Crippen LogP contribution in [-0.2, 0) is 6.42 Å². The number of carbonyl (C=O) groups is 1. The van der Waals surface area contributed by atoms with Gasteiger partial charge in [-0.3, -0.25) is 0 Å². The molecule has 5 heteroatoms. The van der Waals surface area contributed by atoms with Crippen LogP contribution < -0.4 is 4.74 Å². The lowest BCUT2D eigenvalue weighted by atomic mass is 9.87. The van der Waals surface area contributed by atoms with Crippen LogP contribution in [0.5, 0.6) is 5.75 Å². The van der Waals surface area contributed by atoms with E-state index in [0.29, 0.717) is 28.5 Å². The van der Waals surface area contributed by atoms with E-state index in [4.69, 9.17) is 16.3 Å². The molecule has 0 amide bonds. The first-order valence-electron chi connectivity index (χ1n) is 9.05. The first kappa shape index (κ1) is 18.5. The average molecular weight is 395 g/mol. The van der Waals surface area contributed by atoms with Gasteiger partial charge < -0.3 is 14.9 Å². The lowest BCUT2D eigenvalue weighted by molar-refractivity contribution is 0.0508. The predicted octanol–water partition coefficient (Wildman–Crippen LogP) is 4.99. The maximum absolute atomic E-state index is 11.6. The topological polar surface area (TPSA) is 66.8 Å². The van der Waals surface area contributed by atoms with Crippen LogP contribution in [0.3, 0.4) is 0 Å². The lowest BCUT2D eigenvalue weighted by Gasteiger charge is -2.31. The van der Waals surface area contributed by atoms with E-state index in [2.05, 4.69) is 0 Å². The van der Waals surface area contributed by atoms with E-state index in [-0.39, 0.29) is 11.5 Å². The Morgan fingerprint density at radius 1 is 1.07 bits per heavy atom. The molecule has 2 N–H and O–H groups in total. The van der Waals surface area contributed by atoms with E-state index >= 15 is 0 Å². The van der Waals surface area contributed by atoms with Crippen molar-refractivity contribution < 1.29 is 19.7 Å². The van der Waals surface area contributed by atoms with Crippen LogP contribution in [0.25, 0.3) is 11.1 Å². The molecule has 3 aromatic rings. The molecule has 4 rings (SSSR count). The van der Waals surface area contributed by atoms with Crippen LogP contribution in [0.2, 0.25) is 5.02 Å². The van der Waals surface area contributed by atoms with Crippen molar-refractivity contribution in [2.75, 3.05) is 6.61 Å². The van der Waals surface area contributed by atoms with E-state index in [1.165, 1.54) is 6.07 Å². The summed E-state index contributed by atoms with van der Waals surface area (Å²) in [5.41, 5.74) is 3.28. The molecule has 0 spiro atoms. The number of halogens is 1. The summed E-state index contributed by atoms with van der Waals surface area (Å²) in [6.45, 7) is 0.402. The molecule has 1 heterocycles. The average Bonchev–Trinajstić information content (AvgIpc) is 2.70. The minimum atomic E-state index is -1.04. The molecule has 0 aromatic heterocycles. The Kier molecular flexibility index (Phi) is 5.07. The number of carboxylic acids is 1. The highest BCUT2D eigenvalue weighted by molar-refractivity contribution is 6.31. The maximum Gasteiger partial charge on any atom is 0.336 e. The zero-order valence-corrected chi connectivity index (χ0v) is 15.8. The van der Waals surface area contributed by atoms with Crippen molar-refractivity contribution in [3.05, 3.63) is 88.4 Å². The highest BCUT2D eigenvalue weighted by Crippen LogP contribution is 2.40. The Morgan fingerprint density at radius 2 is 1.86 bits per heavy atom. The van der Waals surface area contributed by atoms with Gasteiger partial charge in [0.2, 0.25) is 0 Å². The van der Waals surface area contributed by atoms with Crippen molar-refractivity contribution in [1.29, 1.82) is 0 Å². The van der Waals surface area contributed by atoms with Gasteiger partial charge in [0.25, 0.3) is 0 Å². The van der Waals surface area contributed by atoms with Crippen molar-refractivity contribution in [2.45, 2.75) is 12.5 Å². The molecular weight excluding hydrogens is 376 g/mol. The molecule has 1 aliphatic rings. The number of aromatic carboxylic acids is 1. The van der Waals surface area contributed by atoms with Gasteiger partial charge in [-0.1, -0.05) is 60.1 Å². The Hall–Kier alpha value is -2.82. The summed E-state index contributed by atoms with van der Waals surface area (Å²) >= 11 is 5.94. The summed E-state index contributed by atoms with van der Waals surface area (Å²) in [5, 5.41) is 20.7. The van der Waals surface area contributed by atoms with E-state index in [1.54, 1.807) is 18.2 Å². The summed E-state index contributed by atoms with van der Waals surface area (Å²) in [6, 6.07) is 20.2. The molecule has 1 aliphatic heterocycles. The molecular formula is C23H19ClO4. The van der Waals surface area contributed by atoms with Crippen molar-refractivity contribution >= 4 is 17.6 Å². The lowest BCUT2D eigenvalue weighted by Crippen LogP contribution is -2.27. The Bertz CT molecular complexity index is 1020. The number of hydrogen-bond donors (Lipinski definition) is 2. The highest BCUT2D eigenvalue weighted by atomic mass is 35.5. The number of fused-ring (bicyclic) bond motifs is 1. The smallest absolute Gasteiger partial charge is 0.336 e. The summed E-state index contributed by atoms with van der Waals surface area (Å²) in [5.74, 6) is -0.495. The van der Waals surface area contributed by atoms with E-state index < -0.39 is 12.1 Å². The van der Waals surface area contributed by atoms with E-state index in [9.17, 15) is 15.0 Å². The standard InChI is InChI=1S/C23H19ClO4/c24-17-7-9-18(20(12-17)23(26)27)15-6-8-19-21(11-15)28-13-16(22(19)25)10-14-4-2-1-3-5-14/h1-9,11-12,16,22,25H,10,13H2,(H,26,27)/t16-,22+/m0/s1. The van der Waals surface area contributed by atoms with Crippen molar-refractivity contribution in [1.82, 2.24) is 0 Å². The van der Waals surface area contributed by atoms with Gasteiger partial charge in [-0.05, 0) is 41.3 Å². The number of aliphatic hydroxyl groups excluding tert-OH is 1. The second kappa shape index (κ2) is 7.66. The number of carboxylic acid groups (broad SMARTS) is 1. The van der Waals surface area contributed by atoms with Gasteiger partial charge in [-0.25, -0.2) is 4.79 Å². The van der Waals surface area contributed by atoms with Crippen LogP contribution in [-0.4, -0.2) is 22.8 Å². The van der Waals surface area contributed by atoms with Gasteiger partial charge in [0.15, 0.2) is 0 Å². The summed E-state index contributed by atoms with van der Waals surface area (Å²) in [6.07, 6.45) is 0.0889. The van der Waals surface area contributed by atoms with Gasteiger partial charge in [0, 0.05) is 16.5 Å². The Balaban J connectivity index is 1.64. The fraction of sp³-hybridized carbons (Fsp3) is 0.174. The van der Waals surface area contributed by atoms with Gasteiger partial charge in [-0.15, -0.1) is 0 Å². The Morgan fingerprint density at radius 3 is 2.61 bits per heavy atom. The van der Waals surface area contributed by atoms with Crippen LogP contribution in [0.1, 0.15) is 27.6 Å². The molecule has 0 aliphatic carbocycles. The molecule has 2 atom stereocenters. The molecule has 0 saturated carbocycles. The molecule has 142 valence electrons. The van der Waals surface area contributed by atoms with Crippen LogP contribution in [0, 0.1) is 5.92 Å². The monoisotopic (exact) mass is 394 g/mol. The van der Waals surface area contributed by atoms with Gasteiger partial charge >= 0.3 is 5.97 Å². The number of rotatable bonds is 4. The first-order chi connectivity index (χ1) is 13.5.